The summed E-state index contributed by atoms with van der Waals surface area (Å²) in [4.78, 5) is 14.3. The van der Waals surface area contributed by atoms with Gasteiger partial charge in [0.1, 0.15) is 5.82 Å². The second-order valence-electron chi connectivity index (χ2n) is 6.05. The van der Waals surface area contributed by atoms with Crippen molar-refractivity contribution in [2.75, 3.05) is 24.1 Å². The van der Waals surface area contributed by atoms with Gasteiger partial charge in [-0.2, -0.15) is 0 Å². The van der Waals surface area contributed by atoms with Gasteiger partial charge in [0.15, 0.2) is 0 Å². The molecule has 3 N–H and O–H groups in total. The molecule has 5 heteroatoms. The molecule has 2 atom stereocenters. The molecule has 1 aliphatic heterocycles. The summed E-state index contributed by atoms with van der Waals surface area (Å²) in [5.74, 6) is 0.120. The fraction of sp³-hybridized carbons (Fsp3) is 0.562. The lowest BCUT2D eigenvalue weighted by molar-refractivity contribution is -0.116. The Bertz CT molecular complexity index is 506. The minimum atomic E-state index is -0.460. The molecule has 1 saturated heterocycles. The first-order valence-corrected chi connectivity index (χ1v) is 7.54. The van der Waals surface area contributed by atoms with E-state index in [1.807, 2.05) is 0 Å². The van der Waals surface area contributed by atoms with E-state index >= 15 is 0 Å². The van der Waals surface area contributed by atoms with Crippen LogP contribution < -0.4 is 11.1 Å². The Kier molecular flexibility index (Phi) is 5.17. The lowest BCUT2D eigenvalue weighted by atomic mass is 9.93. The third kappa shape index (κ3) is 4.43. The summed E-state index contributed by atoms with van der Waals surface area (Å²) in [5.41, 5.74) is 6.19. The predicted octanol–water partition coefficient (Wildman–Crippen LogP) is 2.86. The molecule has 1 aromatic carbocycles. The molecule has 2 unspecified atom stereocenters. The largest absolute Gasteiger partial charge is 0.399 e. The Hall–Kier alpha value is -1.62. The van der Waals surface area contributed by atoms with Crippen LogP contribution in [-0.2, 0) is 4.79 Å². The third-order valence-electron chi connectivity index (χ3n) is 4.17. The molecule has 0 aliphatic carbocycles. The van der Waals surface area contributed by atoms with Gasteiger partial charge in [0.05, 0.1) is 5.69 Å². The number of halogens is 1. The van der Waals surface area contributed by atoms with Crippen LogP contribution in [0.25, 0.3) is 0 Å². The standard InChI is InChI=1S/C16H24FN3O/c1-11-5-7-20(12(2)9-11)8-6-16(21)19-15-10-13(18)3-4-14(15)17/h3-4,10-12H,5-9,18H2,1-2H3,(H,19,21). The van der Waals surface area contributed by atoms with Gasteiger partial charge in [0.25, 0.3) is 0 Å². The van der Waals surface area contributed by atoms with Gasteiger partial charge in [-0.1, -0.05) is 6.92 Å². The first-order valence-electron chi connectivity index (χ1n) is 7.54. The maximum atomic E-state index is 13.5. The molecule has 2 rings (SSSR count). The van der Waals surface area contributed by atoms with Gasteiger partial charge in [-0.25, -0.2) is 4.39 Å². The molecular formula is C16H24FN3O. The second kappa shape index (κ2) is 6.89. The highest BCUT2D eigenvalue weighted by Crippen LogP contribution is 2.22. The van der Waals surface area contributed by atoms with Crippen LogP contribution in [0.1, 0.15) is 33.1 Å². The van der Waals surface area contributed by atoms with E-state index in [1.54, 1.807) is 0 Å². The Balaban J connectivity index is 1.83. The summed E-state index contributed by atoms with van der Waals surface area (Å²) in [5, 5.41) is 2.59. The van der Waals surface area contributed by atoms with Crippen LogP contribution in [0.15, 0.2) is 18.2 Å². The topological polar surface area (TPSA) is 58.4 Å². The minimum Gasteiger partial charge on any atom is -0.399 e. The van der Waals surface area contributed by atoms with Crippen molar-refractivity contribution in [2.45, 2.75) is 39.2 Å². The summed E-state index contributed by atoms with van der Waals surface area (Å²) in [6.07, 6.45) is 2.72. The van der Waals surface area contributed by atoms with Gasteiger partial charge in [-0.15, -0.1) is 0 Å². The SMILES string of the molecule is CC1CCN(CCC(=O)Nc2cc(N)ccc2F)C(C)C1. The maximum Gasteiger partial charge on any atom is 0.225 e. The Morgan fingerprint density at radius 1 is 1.48 bits per heavy atom. The van der Waals surface area contributed by atoms with Crippen molar-refractivity contribution in [1.82, 2.24) is 4.90 Å². The highest BCUT2D eigenvalue weighted by Gasteiger charge is 2.23. The number of likely N-dealkylation sites (tertiary alicyclic amines) is 1. The zero-order chi connectivity index (χ0) is 15.4. The number of nitrogen functional groups attached to an aromatic ring is 1. The van der Waals surface area contributed by atoms with Gasteiger partial charge in [0, 0.05) is 24.7 Å². The predicted molar refractivity (Wildman–Crippen MR) is 83.5 cm³/mol. The van der Waals surface area contributed by atoms with Gasteiger partial charge >= 0.3 is 0 Å². The zero-order valence-electron chi connectivity index (χ0n) is 12.7. The summed E-state index contributed by atoms with van der Waals surface area (Å²) in [6, 6.07) is 4.68. The number of carbonyl (C=O) groups is 1. The monoisotopic (exact) mass is 293 g/mol. The summed E-state index contributed by atoms with van der Waals surface area (Å²) < 4.78 is 13.5. The number of nitrogens with zero attached hydrogens (tertiary/aromatic N) is 1. The van der Waals surface area contributed by atoms with Gasteiger partial charge in [-0.05, 0) is 50.4 Å². The van der Waals surface area contributed by atoms with E-state index in [-0.39, 0.29) is 11.6 Å². The molecule has 0 spiro atoms. The van der Waals surface area contributed by atoms with Crippen molar-refractivity contribution >= 4 is 17.3 Å². The molecular weight excluding hydrogens is 269 g/mol. The first kappa shape index (κ1) is 15.8. The molecule has 0 radical (unpaired) electrons. The Morgan fingerprint density at radius 3 is 2.95 bits per heavy atom. The first-order chi connectivity index (χ1) is 9.95. The molecule has 1 fully saturated rings. The molecule has 0 bridgehead atoms. The molecule has 1 aromatic rings. The summed E-state index contributed by atoms with van der Waals surface area (Å²) in [7, 11) is 0. The fourth-order valence-corrected chi connectivity index (χ4v) is 2.88. The lowest BCUT2D eigenvalue weighted by Gasteiger charge is -2.36. The number of anilines is 2. The third-order valence-corrected chi connectivity index (χ3v) is 4.17. The number of hydrogen-bond donors (Lipinski definition) is 2. The average Bonchev–Trinajstić information content (AvgIpc) is 2.42. The van der Waals surface area contributed by atoms with Crippen LogP contribution in [0, 0.1) is 11.7 Å². The molecule has 1 heterocycles. The number of carbonyl (C=O) groups excluding carboxylic acids is 1. The van der Waals surface area contributed by atoms with Crippen LogP contribution in [0.3, 0.4) is 0 Å². The number of piperidine rings is 1. The van der Waals surface area contributed by atoms with Crippen LogP contribution in [-0.4, -0.2) is 29.9 Å². The summed E-state index contributed by atoms with van der Waals surface area (Å²) >= 11 is 0. The van der Waals surface area contributed by atoms with Crippen LogP contribution in [0.5, 0.6) is 0 Å². The molecule has 0 aromatic heterocycles. The van der Waals surface area contributed by atoms with E-state index in [2.05, 4.69) is 24.1 Å². The van der Waals surface area contributed by atoms with Gasteiger partial charge < -0.3 is 16.0 Å². The molecule has 21 heavy (non-hydrogen) atoms. The minimum absolute atomic E-state index is 0.153. The molecule has 4 nitrogen and oxygen atoms in total. The van der Waals surface area contributed by atoms with E-state index in [0.29, 0.717) is 24.7 Å². The van der Waals surface area contributed by atoms with Crippen molar-refractivity contribution < 1.29 is 9.18 Å². The van der Waals surface area contributed by atoms with Crippen molar-refractivity contribution in [3.05, 3.63) is 24.0 Å². The number of nitrogens with two attached hydrogens (primary N) is 1. The number of amides is 1. The number of hydrogen-bond acceptors (Lipinski definition) is 3. The fourth-order valence-electron chi connectivity index (χ4n) is 2.88. The van der Waals surface area contributed by atoms with Crippen molar-refractivity contribution in [3.8, 4) is 0 Å². The van der Waals surface area contributed by atoms with E-state index in [4.69, 9.17) is 5.73 Å². The van der Waals surface area contributed by atoms with E-state index < -0.39 is 5.82 Å². The van der Waals surface area contributed by atoms with Crippen LogP contribution in [0.4, 0.5) is 15.8 Å². The lowest BCUT2D eigenvalue weighted by Crippen LogP contribution is -2.41. The van der Waals surface area contributed by atoms with E-state index in [0.717, 1.165) is 12.5 Å². The molecule has 116 valence electrons. The number of rotatable bonds is 4. The Morgan fingerprint density at radius 2 is 2.24 bits per heavy atom. The number of benzene rings is 1. The molecule has 1 amide bonds. The zero-order valence-corrected chi connectivity index (χ0v) is 12.7. The normalized spacial score (nSPS) is 23.0. The molecule has 0 saturated carbocycles. The quantitative estimate of drug-likeness (QED) is 0.839. The van der Waals surface area contributed by atoms with Gasteiger partial charge in [-0.3, -0.25) is 4.79 Å². The Labute approximate surface area is 125 Å². The average molecular weight is 293 g/mol. The second-order valence-corrected chi connectivity index (χ2v) is 6.05. The van der Waals surface area contributed by atoms with Crippen LogP contribution in [0.2, 0.25) is 0 Å². The van der Waals surface area contributed by atoms with E-state index in [1.165, 1.54) is 31.0 Å². The van der Waals surface area contributed by atoms with Crippen LogP contribution >= 0.6 is 0 Å². The smallest absolute Gasteiger partial charge is 0.225 e. The highest BCUT2D eigenvalue weighted by atomic mass is 19.1. The van der Waals surface area contributed by atoms with E-state index in [9.17, 15) is 9.18 Å². The van der Waals surface area contributed by atoms with Crippen molar-refractivity contribution in [3.63, 3.8) is 0 Å². The van der Waals surface area contributed by atoms with Crippen molar-refractivity contribution in [1.29, 1.82) is 0 Å². The maximum absolute atomic E-state index is 13.5. The summed E-state index contributed by atoms with van der Waals surface area (Å²) in [6.45, 7) is 6.21. The highest BCUT2D eigenvalue weighted by molar-refractivity contribution is 5.91. The molecule has 1 aliphatic rings. The van der Waals surface area contributed by atoms with Crippen molar-refractivity contribution in [2.24, 2.45) is 5.92 Å². The number of nitrogens with one attached hydrogen (secondary N) is 1. The van der Waals surface area contributed by atoms with Gasteiger partial charge in [0.2, 0.25) is 5.91 Å².